The van der Waals surface area contributed by atoms with E-state index >= 15 is 0 Å². The molecule has 0 saturated heterocycles. The fourth-order valence-corrected chi connectivity index (χ4v) is 5.23. The summed E-state index contributed by atoms with van der Waals surface area (Å²) in [5, 5.41) is 10.9. The summed E-state index contributed by atoms with van der Waals surface area (Å²) in [5.41, 5.74) is 1.85. The largest absolute Gasteiger partial charge is 0.310 e. The van der Waals surface area contributed by atoms with Gasteiger partial charge in [0.2, 0.25) is 0 Å². The number of nitro groups is 1. The van der Waals surface area contributed by atoms with E-state index in [1.807, 2.05) is 0 Å². The van der Waals surface area contributed by atoms with Gasteiger partial charge in [-0.25, -0.2) is 14.3 Å². The zero-order valence-corrected chi connectivity index (χ0v) is 13.2. The molecule has 10 heteroatoms. The van der Waals surface area contributed by atoms with E-state index in [1.54, 1.807) is 0 Å². The van der Waals surface area contributed by atoms with Gasteiger partial charge in [0.05, 0.1) is 4.92 Å². The predicted molar refractivity (Wildman–Crippen MR) is 80.6 cm³/mol. The number of nitrogens with zero attached hydrogens (tertiary/aromatic N) is 2. The molecular weight excluding hydrogens is 316 g/mol. The zero-order valence-electron chi connectivity index (χ0n) is 11.6. The highest BCUT2D eigenvalue weighted by Crippen LogP contribution is 2.37. The Bertz CT molecular complexity index is 622. The normalized spacial score (nSPS) is 16.5. The van der Waals surface area contributed by atoms with E-state index < -0.39 is 14.9 Å². The zero-order chi connectivity index (χ0) is 15.6. The van der Waals surface area contributed by atoms with Gasteiger partial charge in [0.1, 0.15) is 4.21 Å². The molecule has 0 aliphatic heterocycles. The first-order valence-electron chi connectivity index (χ1n) is 6.57. The minimum atomic E-state index is -3.72. The molecule has 0 aromatic carbocycles. The number of hydrazine groups is 1. The maximum Gasteiger partial charge on any atom is 0.306 e. The highest BCUT2D eigenvalue weighted by molar-refractivity contribution is 7.91. The highest BCUT2D eigenvalue weighted by atomic mass is 32.2. The Labute approximate surface area is 127 Å². The van der Waals surface area contributed by atoms with Gasteiger partial charge < -0.3 is 5.43 Å². The second kappa shape index (κ2) is 6.26. The molecule has 1 heterocycles. The molecule has 1 aromatic heterocycles. The van der Waals surface area contributed by atoms with Crippen LogP contribution in [-0.2, 0) is 10.0 Å². The minimum absolute atomic E-state index is 0.0350. The van der Waals surface area contributed by atoms with Crippen LogP contribution in [0.5, 0.6) is 0 Å². The van der Waals surface area contributed by atoms with Crippen LogP contribution >= 0.6 is 11.3 Å². The molecule has 1 aliphatic carbocycles. The molecule has 8 nitrogen and oxygen atoms in total. The molecule has 0 atom stereocenters. The maximum absolute atomic E-state index is 12.5. The second-order valence-electron chi connectivity index (χ2n) is 5.12. The summed E-state index contributed by atoms with van der Waals surface area (Å²) >= 11 is 0.774. The number of thiophene rings is 1. The van der Waals surface area contributed by atoms with Gasteiger partial charge >= 0.3 is 5.69 Å². The van der Waals surface area contributed by atoms with Gasteiger partial charge in [0.25, 0.3) is 10.0 Å². The predicted octanol–water partition coefficient (Wildman–Crippen LogP) is 1.75. The molecule has 1 aromatic rings. The van der Waals surface area contributed by atoms with E-state index in [4.69, 9.17) is 5.84 Å². The summed E-state index contributed by atoms with van der Waals surface area (Å²) in [6.07, 6.45) is 4.31. The van der Waals surface area contributed by atoms with Crippen LogP contribution in [0.2, 0.25) is 0 Å². The Morgan fingerprint density at radius 3 is 2.62 bits per heavy atom. The summed E-state index contributed by atoms with van der Waals surface area (Å²) in [5.74, 6) is 5.57. The average Bonchev–Trinajstić information content (AvgIpc) is 3.06. The van der Waals surface area contributed by atoms with Crippen LogP contribution in [0.25, 0.3) is 0 Å². The summed E-state index contributed by atoms with van der Waals surface area (Å²) in [7, 11) is -2.21. The third kappa shape index (κ3) is 3.34. The van der Waals surface area contributed by atoms with Crippen LogP contribution < -0.4 is 11.3 Å². The fraction of sp³-hybridized carbons (Fsp3) is 0.636. The lowest BCUT2D eigenvalue weighted by molar-refractivity contribution is -0.383. The topological polar surface area (TPSA) is 119 Å². The minimum Gasteiger partial charge on any atom is -0.310 e. The van der Waals surface area contributed by atoms with Crippen molar-refractivity contribution in [1.82, 2.24) is 4.31 Å². The number of hydrogen-bond acceptors (Lipinski definition) is 7. The van der Waals surface area contributed by atoms with Gasteiger partial charge in [-0.2, -0.15) is 4.31 Å². The standard InChI is InChI=1S/C11H18N4O4S2/c1-14(7-8-4-2-3-5-8)21(18,19)10-6-9(15(16)17)11(13-12)20-10/h6,8,13H,2-5,7,12H2,1H3. The molecule has 1 fully saturated rings. The van der Waals surface area contributed by atoms with Crippen molar-refractivity contribution in [2.45, 2.75) is 29.9 Å². The number of rotatable bonds is 6. The maximum atomic E-state index is 12.5. The highest BCUT2D eigenvalue weighted by Gasteiger charge is 2.30. The molecular formula is C11H18N4O4S2. The van der Waals surface area contributed by atoms with Crippen molar-refractivity contribution < 1.29 is 13.3 Å². The van der Waals surface area contributed by atoms with E-state index in [1.165, 1.54) is 11.4 Å². The van der Waals surface area contributed by atoms with E-state index in [9.17, 15) is 18.5 Å². The van der Waals surface area contributed by atoms with E-state index in [0.717, 1.165) is 43.1 Å². The monoisotopic (exact) mass is 334 g/mol. The number of sulfonamides is 1. The Morgan fingerprint density at radius 1 is 1.52 bits per heavy atom. The van der Waals surface area contributed by atoms with Crippen molar-refractivity contribution in [2.24, 2.45) is 11.8 Å². The fourth-order valence-electron chi connectivity index (χ4n) is 2.53. The molecule has 21 heavy (non-hydrogen) atoms. The van der Waals surface area contributed by atoms with Crippen LogP contribution in [0.4, 0.5) is 10.7 Å². The quantitative estimate of drug-likeness (QED) is 0.465. The van der Waals surface area contributed by atoms with E-state index in [0.29, 0.717) is 12.5 Å². The van der Waals surface area contributed by atoms with Crippen molar-refractivity contribution in [3.8, 4) is 0 Å². The van der Waals surface area contributed by atoms with Gasteiger partial charge in [-0.05, 0) is 18.8 Å². The first kappa shape index (κ1) is 16.1. The second-order valence-corrected chi connectivity index (χ2v) is 8.44. The number of hydrogen-bond donors (Lipinski definition) is 2. The Morgan fingerprint density at radius 2 is 2.14 bits per heavy atom. The molecule has 0 unspecified atom stereocenters. The van der Waals surface area contributed by atoms with Crippen LogP contribution in [-0.4, -0.2) is 31.2 Å². The third-order valence-electron chi connectivity index (χ3n) is 3.67. The van der Waals surface area contributed by atoms with Crippen LogP contribution in [0, 0.1) is 16.0 Å². The Kier molecular flexibility index (Phi) is 4.81. The molecule has 0 radical (unpaired) electrons. The van der Waals surface area contributed by atoms with Crippen LogP contribution in [0.15, 0.2) is 10.3 Å². The molecule has 2 rings (SSSR count). The van der Waals surface area contributed by atoms with Crippen LogP contribution in [0.1, 0.15) is 25.7 Å². The van der Waals surface area contributed by atoms with Gasteiger partial charge in [-0.15, -0.1) is 0 Å². The third-order valence-corrected chi connectivity index (χ3v) is 7.00. The first-order valence-corrected chi connectivity index (χ1v) is 8.83. The lowest BCUT2D eigenvalue weighted by atomic mass is 10.1. The Balaban J connectivity index is 2.23. The number of anilines is 1. The summed E-state index contributed by atoms with van der Waals surface area (Å²) in [6, 6.07) is 1.06. The molecule has 1 aliphatic rings. The lowest BCUT2D eigenvalue weighted by Crippen LogP contribution is -2.30. The van der Waals surface area contributed by atoms with Crippen molar-refractivity contribution in [3.05, 3.63) is 16.2 Å². The van der Waals surface area contributed by atoms with Crippen molar-refractivity contribution in [1.29, 1.82) is 0 Å². The number of nitrogens with two attached hydrogens (primary N) is 1. The van der Waals surface area contributed by atoms with Crippen molar-refractivity contribution >= 4 is 32.0 Å². The molecule has 3 N–H and O–H groups in total. The van der Waals surface area contributed by atoms with Crippen molar-refractivity contribution in [2.75, 3.05) is 19.0 Å². The molecule has 1 saturated carbocycles. The smallest absolute Gasteiger partial charge is 0.306 e. The van der Waals surface area contributed by atoms with Crippen molar-refractivity contribution in [3.63, 3.8) is 0 Å². The lowest BCUT2D eigenvalue weighted by Gasteiger charge is -2.19. The molecule has 0 bridgehead atoms. The molecule has 118 valence electrons. The molecule has 0 amide bonds. The van der Waals surface area contributed by atoms with E-state index in [-0.39, 0.29) is 14.9 Å². The van der Waals surface area contributed by atoms with E-state index in [2.05, 4.69) is 5.43 Å². The Hall–Kier alpha value is -1.23. The molecule has 0 spiro atoms. The summed E-state index contributed by atoms with van der Waals surface area (Å²) in [4.78, 5) is 10.2. The summed E-state index contributed by atoms with van der Waals surface area (Å²) in [6.45, 7) is 0.444. The number of nitrogen functional groups attached to an aromatic ring is 1. The van der Waals surface area contributed by atoms with Gasteiger partial charge in [-0.3, -0.25) is 10.1 Å². The van der Waals surface area contributed by atoms with Gasteiger partial charge in [0.15, 0.2) is 5.00 Å². The SMILES string of the molecule is CN(CC1CCCC1)S(=O)(=O)c1cc([N+](=O)[O-])c(NN)s1. The van der Waals surface area contributed by atoms with Gasteiger partial charge in [0, 0.05) is 19.7 Å². The average molecular weight is 334 g/mol. The first-order chi connectivity index (χ1) is 9.86. The number of nitrogens with one attached hydrogen (secondary N) is 1. The summed E-state index contributed by atoms with van der Waals surface area (Å²) < 4.78 is 26.1. The van der Waals surface area contributed by atoms with Crippen LogP contribution in [0.3, 0.4) is 0 Å². The van der Waals surface area contributed by atoms with Gasteiger partial charge in [-0.1, -0.05) is 24.2 Å².